The lowest BCUT2D eigenvalue weighted by atomic mass is 9.79. The molecule has 1 aromatic carbocycles. The van der Waals surface area contributed by atoms with Crippen molar-refractivity contribution in [2.75, 3.05) is 40.3 Å². The second-order valence-electron chi connectivity index (χ2n) is 7.39. The maximum absolute atomic E-state index is 13.2. The molecule has 6 heteroatoms. The Bertz CT molecular complexity index is 760. The molecule has 0 bridgehead atoms. The number of carbonyl (C=O) groups excluding carboxylic acids is 1. The maximum atomic E-state index is 13.2. The lowest BCUT2D eigenvalue weighted by Crippen LogP contribution is -2.47. The molecule has 0 aliphatic carbocycles. The number of rotatable bonds is 4. The average molecular weight is 340 g/mol. The zero-order chi connectivity index (χ0) is 17.4. The van der Waals surface area contributed by atoms with Crippen molar-refractivity contribution in [3.8, 4) is 11.3 Å². The number of hydrogen-bond acceptors (Lipinski definition) is 5. The van der Waals surface area contributed by atoms with Crippen LogP contribution in [0.15, 0.2) is 40.9 Å². The molecule has 3 heterocycles. The van der Waals surface area contributed by atoms with Gasteiger partial charge in [-0.3, -0.25) is 4.79 Å². The van der Waals surface area contributed by atoms with Gasteiger partial charge in [0.05, 0.1) is 12.0 Å². The van der Waals surface area contributed by atoms with Crippen molar-refractivity contribution in [1.29, 1.82) is 0 Å². The molecular formula is C19H24N4O2. The van der Waals surface area contributed by atoms with Gasteiger partial charge >= 0.3 is 0 Å². The molecule has 0 unspecified atom stereocenters. The van der Waals surface area contributed by atoms with Gasteiger partial charge in [0.25, 0.3) is 0 Å². The van der Waals surface area contributed by atoms with Gasteiger partial charge in [-0.1, -0.05) is 35.5 Å². The van der Waals surface area contributed by atoms with E-state index in [-0.39, 0.29) is 11.3 Å². The van der Waals surface area contributed by atoms with Gasteiger partial charge in [0.1, 0.15) is 5.69 Å². The monoisotopic (exact) mass is 340 g/mol. The molecule has 2 fully saturated rings. The first-order valence-corrected chi connectivity index (χ1v) is 8.74. The Morgan fingerprint density at radius 2 is 2.24 bits per heavy atom. The fourth-order valence-corrected chi connectivity index (χ4v) is 4.29. The highest BCUT2D eigenvalue weighted by Crippen LogP contribution is 2.40. The largest absolute Gasteiger partial charge is 0.356 e. The predicted molar refractivity (Wildman–Crippen MR) is 94.7 cm³/mol. The smallest absolute Gasteiger partial charge is 0.231 e. The SMILES string of the molecule is CN1C[C@H]2CNC[C@@]2(C(=O)N(C)Cc2cc(-c3ccccc3)on2)C1. The van der Waals surface area contributed by atoms with Gasteiger partial charge < -0.3 is 19.6 Å². The Kier molecular flexibility index (Phi) is 4.09. The molecule has 0 radical (unpaired) electrons. The molecule has 2 aromatic rings. The molecule has 4 rings (SSSR count). The zero-order valence-corrected chi connectivity index (χ0v) is 14.7. The predicted octanol–water partition coefficient (Wildman–Crippen LogP) is 1.45. The van der Waals surface area contributed by atoms with Crippen LogP contribution in [0.3, 0.4) is 0 Å². The molecule has 1 N–H and O–H groups in total. The summed E-state index contributed by atoms with van der Waals surface area (Å²) in [6, 6.07) is 11.8. The van der Waals surface area contributed by atoms with Crippen LogP contribution < -0.4 is 5.32 Å². The van der Waals surface area contributed by atoms with Gasteiger partial charge in [-0.15, -0.1) is 0 Å². The van der Waals surface area contributed by atoms with Crippen LogP contribution in [0, 0.1) is 11.3 Å². The molecule has 2 atom stereocenters. The van der Waals surface area contributed by atoms with Crippen molar-refractivity contribution in [2.45, 2.75) is 6.54 Å². The van der Waals surface area contributed by atoms with Crippen LogP contribution in [0.1, 0.15) is 5.69 Å². The summed E-state index contributed by atoms with van der Waals surface area (Å²) in [5.41, 5.74) is 1.47. The quantitative estimate of drug-likeness (QED) is 0.913. The second kappa shape index (κ2) is 6.28. The van der Waals surface area contributed by atoms with E-state index < -0.39 is 0 Å². The summed E-state index contributed by atoms with van der Waals surface area (Å²) < 4.78 is 5.45. The van der Waals surface area contributed by atoms with Crippen molar-refractivity contribution >= 4 is 5.91 Å². The fourth-order valence-electron chi connectivity index (χ4n) is 4.29. The highest BCUT2D eigenvalue weighted by atomic mass is 16.5. The molecule has 0 spiro atoms. The number of nitrogens with zero attached hydrogens (tertiary/aromatic N) is 3. The lowest BCUT2D eigenvalue weighted by molar-refractivity contribution is -0.141. The van der Waals surface area contributed by atoms with Crippen LogP contribution in [0.25, 0.3) is 11.3 Å². The van der Waals surface area contributed by atoms with Crippen molar-refractivity contribution in [2.24, 2.45) is 11.3 Å². The molecule has 25 heavy (non-hydrogen) atoms. The molecule has 1 amide bonds. The van der Waals surface area contributed by atoms with E-state index in [0.717, 1.165) is 43.2 Å². The van der Waals surface area contributed by atoms with Crippen LogP contribution >= 0.6 is 0 Å². The van der Waals surface area contributed by atoms with E-state index in [4.69, 9.17) is 4.52 Å². The number of fused-ring (bicyclic) bond motifs is 1. The Balaban J connectivity index is 1.48. The molecule has 1 aromatic heterocycles. The van der Waals surface area contributed by atoms with E-state index in [1.165, 1.54) is 0 Å². The van der Waals surface area contributed by atoms with Gasteiger partial charge in [0.15, 0.2) is 5.76 Å². The van der Waals surface area contributed by atoms with E-state index >= 15 is 0 Å². The van der Waals surface area contributed by atoms with E-state index in [0.29, 0.717) is 12.5 Å². The van der Waals surface area contributed by atoms with Gasteiger partial charge in [-0.2, -0.15) is 0 Å². The summed E-state index contributed by atoms with van der Waals surface area (Å²) in [5.74, 6) is 1.33. The minimum Gasteiger partial charge on any atom is -0.356 e. The first kappa shape index (κ1) is 16.3. The third-order valence-corrected chi connectivity index (χ3v) is 5.49. The Labute approximate surface area is 147 Å². The summed E-state index contributed by atoms with van der Waals surface area (Å²) in [6.45, 7) is 3.95. The number of benzene rings is 1. The van der Waals surface area contributed by atoms with E-state index in [1.54, 1.807) is 4.90 Å². The maximum Gasteiger partial charge on any atom is 0.231 e. The van der Waals surface area contributed by atoms with Crippen molar-refractivity contribution in [1.82, 2.24) is 20.3 Å². The van der Waals surface area contributed by atoms with Crippen LogP contribution in [-0.4, -0.2) is 61.1 Å². The second-order valence-corrected chi connectivity index (χ2v) is 7.39. The van der Waals surface area contributed by atoms with Crippen LogP contribution in [0.5, 0.6) is 0 Å². The average Bonchev–Trinajstić information content (AvgIpc) is 3.29. The summed E-state index contributed by atoms with van der Waals surface area (Å²) in [4.78, 5) is 17.2. The number of carbonyl (C=O) groups is 1. The van der Waals surface area contributed by atoms with Crippen LogP contribution in [0.4, 0.5) is 0 Å². The minimum atomic E-state index is -0.296. The highest BCUT2D eigenvalue weighted by Gasteiger charge is 2.54. The molecule has 6 nitrogen and oxygen atoms in total. The molecule has 2 saturated heterocycles. The third kappa shape index (κ3) is 2.85. The van der Waals surface area contributed by atoms with E-state index in [1.807, 2.05) is 43.4 Å². The summed E-state index contributed by atoms with van der Waals surface area (Å²) >= 11 is 0. The molecule has 2 aliphatic rings. The normalized spacial score (nSPS) is 25.9. The van der Waals surface area contributed by atoms with Gasteiger partial charge in [0.2, 0.25) is 5.91 Å². The number of likely N-dealkylation sites (tertiary alicyclic amines) is 1. The first-order chi connectivity index (χ1) is 12.1. The van der Waals surface area contributed by atoms with Gasteiger partial charge in [-0.05, 0) is 7.05 Å². The first-order valence-electron chi connectivity index (χ1n) is 8.74. The van der Waals surface area contributed by atoms with Crippen LogP contribution in [-0.2, 0) is 11.3 Å². The standard InChI is InChI=1S/C19H24N4O2/c1-22-10-15-9-20-12-19(15,13-22)18(24)23(2)11-16-8-17(25-21-16)14-6-4-3-5-7-14/h3-8,15,20H,9-13H2,1-2H3/t15-,19-/m1/s1. The molecular weight excluding hydrogens is 316 g/mol. The number of aromatic nitrogens is 1. The fraction of sp³-hybridized carbons (Fsp3) is 0.474. The number of amides is 1. The van der Waals surface area contributed by atoms with Crippen LogP contribution in [0.2, 0.25) is 0 Å². The van der Waals surface area contributed by atoms with E-state index in [9.17, 15) is 4.79 Å². The Morgan fingerprint density at radius 3 is 3.04 bits per heavy atom. The van der Waals surface area contributed by atoms with E-state index in [2.05, 4.69) is 22.4 Å². The minimum absolute atomic E-state index is 0.205. The van der Waals surface area contributed by atoms with Crippen molar-refractivity contribution < 1.29 is 9.32 Å². The van der Waals surface area contributed by atoms with Gasteiger partial charge in [-0.25, -0.2) is 0 Å². The summed E-state index contributed by atoms with van der Waals surface area (Å²) in [7, 11) is 3.96. The zero-order valence-electron chi connectivity index (χ0n) is 14.7. The Hall–Kier alpha value is -2.18. The number of nitrogens with one attached hydrogen (secondary N) is 1. The van der Waals surface area contributed by atoms with Crippen molar-refractivity contribution in [3.63, 3.8) is 0 Å². The summed E-state index contributed by atoms with van der Waals surface area (Å²) in [5, 5.41) is 7.55. The molecule has 132 valence electrons. The summed E-state index contributed by atoms with van der Waals surface area (Å²) in [6.07, 6.45) is 0. The lowest BCUT2D eigenvalue weighted by Gasteiger charge is -2.31. The van der Waals surface area contributed by atoms with Gasteiger partial charge in [0, 0.05) is 50.8 Å². The topological polar surface area (TPSA) is 61.6 Å². The van der Waals surface area contributed by atoms with Crippen molar-refractivity contribution in [3.05, 3.63) is 42.1 Å². The molecule has 0 saturated carbocycles. The molecule has 2 aliphatic heterocycles. The number of hydrogen-bond donors (Lipinski definition) is 1. The highest BCUT2D eigenvalue weighted by molar-refractivity contribution is 5.84. The Morgan fingerprint density at radius 1 is 1.44 bits per heavy atom. The third-order valence-electron chi connectivity index (χ3n) is 5.49.